The zero-order valence-electron chi connectivity index (χ0n) is 7.36. The summed E-state index contributed by atoms with van der Waals surface area (Å²) in [6.45, 7) is 0. The van der Waals surface area contributed by atoms with Crippen LogP contribution in [0.2, 0.25) is 0 Å². The van der Waals surface area contributed by atoms with Crippen LogP contribution in [0.25, 0.3) is 12.2 Å². The lowest BCUT2D eigenvalue weighted by atomic mass is 10.1. The summed E-state index contributed by atoms with van der Waals surface area (Å²) in [5.74, 6) is 0.240. The summed E-state index contributed by atoms with van der Waals surface area (Å²) in [6, 6.07) is 1.96. The van der Waals surface area contributed by atoms with Gasteiger partial charge in [-0.1, -0.05) is 0 Å². The van der Waals surface area contributed by atoms with Crippen molar-refractivity contribution >= 4 is 12.2 Å². The topological polar surface area (TPSA) is 24.1 Å². The molecule has 0 atom stereocenters. The van der Waals surface area contributed by atoms with E-state index in [9.17, 15) is 5.11 Å². The number of hydrogen-bond acceptors (Lipinski definition) is 1. The number of fused-ring (bicyclic) bond motifs is 1. The first-order chi connectivity index (χ1) is 6.25. The highest BCUT2D eigenvalue weighted by molar-refractivity contribution is 5.67. The van der Waals surface area contributed by atoms with Gasteiger partial charge in [0.1, 0.15) is 12.8 Å². The minimum atomic E-state index is 0.240. The van der Waals surface area contributed by atoms with Crippen LogP contribution in [-0.2, 0) is 7.05 Å². The van der Waals surface area contributed by atoms with Crippen LogP contribution in [0.4, 0.5) is 0 Å². The first-order valence-corrected chi connectivity index (χ1v) is 4.08. The average Bonchev–Trinajstić information content (AvgIpc) is 2.25. The molecule has 1 aromatic heterocycles. The average molecular weight is 172 g/mol. The molecule has 1 aromatic rings. The SMILES string of the molecule is C[n+]1ccc2c(c1)C=C=CC(O)=C2. The zero-order chi connectivity index (χ0) is 9.26. The van der Waals surface area contributed by atoms with E-state index in [1.54, 1.807) is 12.2 Å². The Morgan fingerprint density at radius 3 is 3.00 bits per heavy atom. The number of hydrogen-bond donors (Lipinski definition) is 1. The number of rotatable bonds is 0. The van der Waals surface area contributed by atoms with Gasteiger partial charge in [0, 0.05) is 12.1 Å². The fourth-order valence-corrected chi connectivity index (χ4v) is 1.30. The standard InChI is InChI=1S/C11H9NO/c1-12-6-5-9-7-11(13)4-2-3-10(9)8-12/h3-8H,1H3/p+1. The molecule has 64 valence electrons. The first kappa shape index (κ1) is 7.84. The van der Waals surface area contributed by atoms with E-state index in [1.165, 1.54) is 0 Å². The van der Waals surface area contributed by atoms with Crippen molar-refractivity contribution in [3.05, 3.63) is 47.2 Å². The van der Waals surface area contributed by atoms with Crippen molar-refractivity contribution in [2.24, 2.45) is 7.05 Å². The lowest BCUT2D eigenvalue weighted by Crippen LogP contribution is -2.26. The summed E-state index contributed by atoms with van der Waals surface area (Å²) in [4.78, 5) is 0. The van der Waals surface area contributed by atoms with E-state index in [2.05, 4.69) is 5.73 Å². The molecular formula is C11H10NO+. The van der Waals surface area contributed by atoms with Crippen LogP contribution in [-0.4, -0.2) is 5.11 Å². The molecule has 13 heavy (non-hydrogen) atoms. The second-order valence-corrected chi connectivity index (χ2v) is 3.05. The van der Waals surface area contributed by atoms with Gasteiger partial charge in [-0.25, -0.2) is 4.57 Å². The van der Waals surface area contributed by atoms with Gasteiger partial charge >= 0.3 is 0 Å². The fourth-order valence-electron chi connectivity index (χ4n) is 1.30. The molecular weight excluding hydrogens is 162 g/mol. The molecule has 1 aliphatic carbocycles. The second kappa shape index (κ2) is 2.92. The van der Waals surface area contributed by atoms with Crippen LogP contribution in [0.5, 0.6) is 0 Å². The lowest BCUT2D eigenvalue weighted by Gasteiger charge is -1.96. The lowest BCUT2D eigenvalue weighted by molar-refractivity contribution is -0.671. The van der Waals surface area contributed by atoms with Crippen LogP contribution in [0.15, 0.2) is 36.0 Å². The Bertz CT molecular complexity index is 437. The number of aliphatic hydroxyl groups excluding tert-OH is 1. The molecule has 0 aromatic carbocycles. The molecule has 1 N–H and O–H groups in total. The van der Waals surface area contributed by atoms with Crippen molar-refractivity contribution in [2.75, 3.05) is 0 Å². The number of allylic oxidation sites excluding steroid dienone is 1. The third-order valence-corrected chi connectivity index (χ3v) is 1.94. The predicted octanol–water partition coefficient (Wildman–Crippen LogP) is 1.59. The molecule has 2 nitrogen and oxygen atoms in total. The van der Waals surface area contributed by atoms with Gasteiger partial charge in [0.05, 0.1) is 5.56 Å². The number of aryl methyl sites for hydroxylation is 1. The van der Waals surface area contributed by atoms with Gasteiger partial charge in [-0.3, -0.25) is 0 Å². The Balaban J connectivity index is 2.66. The molecule has 0 saturated carbocycles. The molecule has 0 radical (unpaired) electrons. The molecule has 0 bridgehead atoms. The van der Waals surface area contributed by atoms with E-state index >= 15 is 0 Å². The summed E-state index contributed by atoms with van der Waals surface area (Å²) < 4.78 is 1.97. The van der Waals surface area contributed by atoms with Crippen molar-refractivity contribution in [1.82, 2.24) is 0 Å². The Labute approximate surface area is 76.8 Å². The van der Waals surface area contributed by atoms with Crippen LogP contribution < -0.4 is 4.57 Å². The largest absolute Gasteiger partial charge is 0.507 e. The van der Waals surface area contributed by atoms with E-state index in [4.69, 9.17) is 0 Å². The molecule has 1 aliphatic rings. The minimum absolute atomic E-state index is 0.240. The van der Waals surface area contributed by atoms with Gasteiger partial charge in [0.15, 0.2) is 12.4 Å². The van der Waals surface area contributed by atoms with Gasteiger partial charge in [0.25, 0.3) is 0 Å². The first-order valence-electron chi connectivity index (χ1n) is 4.08. The normalized spacial score (nSPS) is 13.5. The molecule has 1 heterocycles. The third-order valence-electron chi connectivity index (χ3n) is 1.94. The van der Waals surface area contributed by atoms with Crippen LogP contribution in [0.3, 0.4) is 0 Å². The number of nitrogens with zero attached hydrogens (tertiary/aromatic N) is 1. The van der Waals surface area contributed by atoms with Crippen LogP contribution in [0.1, 0.15) is 11.1 Å². The number of aromatic nitrogens is 1. The maximum atomic E-state index is 9.32. The van der Waals surface area contributed by atoms with E-state index in [0.717, 1.165) is 11.1 Å². The highest BCUT2D eigenvalue weighted by Crippen LogP contribution is 2.14. The van der Waals surface area contributed by atoms with E-state index < -0.39 is 0 Å². The fraction of sp³-hybridized carbons (Fsp3) is 0.0909. The Hall–Kier alpha value is -1.79. The summed E-state index contributed by atoms with van der Waals surface area (Å²) in [7, 11) is 1.96. The molecule has 0 spiro atoms. The van der Waals surface area contributed by atoms with Gasteiger partial charge in [-0.15, -0.1) is 5.73 Å². The molecule has 0 unspecified atom stereocenters. The molecule has 2 rings (SSSR count). The molecule has 0 fully saturated rings. The van der Waals surface area contributed by atoms with Gasteiger partial charge in [0.2, 0.25) is 0 Å². The van der Waals surface area contributed by atoms with E-state index in [-0.39, 0.29) is 5.76 Å². The smallest absolute Gasteiger partial charge is 0.177 e. The van der Waals surface area contributed by atoms with Crippen molar-refractivity contribution in [2.45, 2.75) is 0 Å². The number of pyridine rings is 1. The summed E-state index contributed by atoms with van der Waals surface area (Å²) in [5.41, 5.74) is 4.97. The third kappa shape index (κ3) is 1.53. The zero-order valence-corrected chi connectivity index (χ0v) is 7.36. The Kier molecular flexibility index (Phi) is 1.76. The number of aliphatic hydroxyl groups is 1. The second-order valence-electron chi connectivity index (χ2n) is 3.05. The predicted molar refractivity (Wildman–Crippen MR) is 50.8 cm³/mol. The minimum Gasteiger partial charge on any atom is -0.507 e. The highest BCUT2D eigenvalue weighted by Gasteiger charge is 2.04. The highest BCUT2D eigenvalue weighted by atomic mass is 16.3. The van der Waals surface area contributed by atoms with Crippen molar-refractivity contribution in [3.63, 3.8) is 0 Å². The molecule has 0 aliphatic heterocycles. The maximum Gasteiger partial charge on any atom is 0.177 e. The quantitative estimate of drug-likeness (QED) is 0.466. The van der Waals surface area contributed by atoms with Crippen molar-refractivity contribution in [3.8, 4) is 0 Å². The van der Waals surface area contributed by atoms with Gasteiger partial charge in [-0.05, 0) is 17.7 Å². The summed E-state index contributed by atoms with van der Waals surface area (Å²) in [5, 5.41) is 9.32. The Morgan fingerprint density at radius 2 is 2.15 bits per heavy atom. The van der Waals surface area contributed by atoms with Crippen LogP contribution >= 0.6 is 0 Å². The molecule has 0 amide bonds. The van der Waals surface area contributed by atoms with Gasteiger partial charge < -0.3 is 5.11 Å². The summed E-state index contributed by atoms with van der Waals surface area (Å²) in [6.07, 6.45) is 9.08. The maximum absolute atomic E-state index is 9.32. The van der Waals surface area contributed by atoms with Crippen LogP contribution in [0, 0.1) is 0 Å². The monoisotopic (exact) mass is 172 g/mol. The molecule has 0 saturated heterocycles. The summed E-state index contributed by atoms with van der Waals surface area (Å²) >= 11 is 0. The van der Waals surface area contributed by atoms with E-state index in [0.29, 0.717) is 0 Å². The Morgan fingerprint density at radius 1 is 1.31 bits per heavy atom. The molecule has 2 heteroatoms. The van der Waals surface area contributed by atoms with E-state index in [1.807, 2.05) is 36.2 Å². The van der Waals surface area contributed by atoms with Crippen molar-refractivity contribution < 1.29 is 9.67 Å². The van der Waals surface area contributed by atoms with Gasteiger partial charge in [-0.2, -0.15) is 0 Å². The van der Waals surface area contributed by atoms with Crippen molar-refractivity contribution in [1.29, 1.82) is 0 Å².